The third-order valence-corrected chi connectivity index (χ3v) is 4.82. The van der Waals surface area contributed by atoms with Gasteiger partial charge in [-0.1, -0.05) is 23.4 Å². The van der Waals surface area contributed by atoms with Crippen molar-refractivity contribution in [1.82, 2.24) is 4.90 Å². The number of benzene rings is 2. The maximum absolute atomic E-state index is 6.03. The number of nitrogen functional groups attached to an aromatic ring is 1. The van der Waals surface area contributed by atoms with Crippen molar-refractivity contribution in [3.8, 4) is 0 Å². The molecule has 0 aromatic heterocycles. The van der Waals surface area contributed by atoms with E-state index in [9.17, 15) is 0 Å². The molecule has 0 aliphatic heterocycles. The molecule has 5 heteroatoms. The first-order valence-corrected chi connectivity index (χ1v) is 8.39. The molecule has 2 nitrogen and oxygen atoms in total. The fourth-order valence-electron chi connectivity index (χ4n) is 1.84. The molecule has 0 heterocycles. The summed E-state index contributed by atoms with van der Waals surface area (Å²) in [5, 5.41) is 0.669. The number of hydrogen-bond acceptors (Lipinski definition) is 3. The minimum atomic E-state index is 0.669. The van der Waals surface area contributed by atoms with Crippen molar-refractivity contribution in [2.75, 3.05) is 19.8 Å². The Morgan fingerprint density at radius 3 is 2.50 bits per heavy atom. The Hall–Kier alpha value is -0.430. The van der Waals surface area contributed by atoms with Gasteiger partial charge in [0, 0.05) is 30.6 Å². The molecule has 0 amide bonds. The van der Waals surface area contributed by atoms with Crippen LogP contribution in [-0.2, 0) is 6.54 Å². The first-order chi connectivity index (χ1) is 9.45. The van der Waals surface area contributed by atoms with Crippen LogP contribution in [0.15, 0.2) is 46.2 Å². The summed E-state index contributed by atoms with van der Waals surface area (Å²) in [7, 11) is 4.15. The van der Waals surface area contributed by atoms with E-state index < -0.39 is 0 Å². The van der Waals surface area contributed by atoms with Gasteiger partial charge in [0.1, 0.15) is 0 Å². The van der Waals surface area contributed by atoms with Crippen molar-refractivity contribution in [2.24, 2.45) is 0 Å². The van der Waals surface area contributed by atoms with Gasteiger partial charge in [0.15, 0.2) is 0 Å². The third kappa shape index (κ3) is 4.28. The van der Waals surface area contributed by atoms with Crippen molar-refractivity contribution in [2.45, 2.75) is 16.3 Å². The van der Waals surface area contributed by atoms with Gasteiger partial charge >= 0.3 is 0 Å². The smallest absolute Gasteiger partial charge is 0.0470 e. The summed E-state index contributed by atoms with van der Waals surface area (Å²) in [6, 6.07) is 12.1. The Morgan fingerprint density at radius 1 is 1.15 bits per heavy atom. The first-order valence-electron chi connectivity index (χ1n) is 6.12. The van der Waals surface area contributed by atoms with Crippen LogP contribution in [0.5, 0.6) is 0 Å². The van der Waals surface area contributed by atoms with E-state index in [1.807, 2.05) is 12.1 Å². The molecule has 106 valence electrons. The van der Waals surface area contributed by atoms with Gasteiger partial charge in [-0.15, -0.1) is 0 Å². The van der Waals surface area contributed by atoms with Crippen molar-refractivity contribution < 1.29 is 0 Å². The van der Waals surface area contributed by atoms with Crippen molar-refractivity contribution in [3.63, 3.8) is 0 Å². The van der Waals surface area contributed by atoms with E-state index in [4.69, 9.17) is 17.3 Å². The molecule has 0 bridgehead atoms. The number of nitrogens with zero attached hydrogens (tertiary/aromatic N) is 1. The second-order valence-electron chi connectivity index (χ2n) is 4.77. The molecule has 0 spiro atoms. The zero-order valence-corrected chi connectivity index (χ0v) is 15.1. The molecule has 20 heavy (non-hydrogen) atoms. The Kier molecular flexibility index (Phi) is 5.60. The normalized spacial score (nSPS) is 11.1. The molecule has 0 saturated carbocycles. The molecular formula is C15H16ClIN2S. The highest BCUT2D eigenvalue weighted by molar-refractivity contribution is 14.1. The van der Waals surface area contributed by atoms with E-state index in [-0.39, 0.29) is 0 Å². The van der Waals surface area contributed by atoms with E-state index in [1.54, 1.807) is 17.8 Å². The van der Waals surface area contributed by atoms with E-state index in [0.29, 0.717) is 5.02 Å². The predicted molar refractivity (Wildman–Crippen MR) is 96.5 cm³/mol. The van der Waals surface area contributed by atoms with Crippen LogP contribution in [0.25, 0.3) is 0 Å². The summed E-state index contributed by atoms with van der Waals surface area (Å²) in [6.07, 6.45) is 0. The summed E-state index contributed by atoms with van der Waals surface area (Å²) in [6.45, 7) is 0.909. The first kappa shape index (κ1) is 15.9. The number of rotatable bonds is 4. The van der Waals surface area contributed by atoms with E-state index in [1.165, 1.54) is 14.0 Å². The largest absolute Gasteiger partial charge is 0.398 e. The van der Waals surface area contributed by atoms with E-state index in [2.05, 4.69) is 59.8 Å². The Balaban J connectivity index is 2.32. The second kappa shape index (κ2) is 7.02. The number of halogens is 2. The van der Waals surface area contributed by atoms with Gasteiger partial charge in [-0.2, -0.15) is 0 Å². The molecule has 2 N–H and O–H groups in total. The van der Waals surface area contributed by atoms with Crippen LogP contribution < -0.4 is 5.73 Å². The maximum atomic E-state index is 6.03. The molecule has 2 rings (SSSR count). The fraction of sp³-hybridized carbons (Fsp3) is 0.200. The Bertz CT molecular complexity index is 617. The molecule has 0 aliphatic rings. The highest BCUT2D eigenvalue weighted by Crippen LogP contribution is 2.36. The highest BCUT2D eigenvalue weighted by atomic mass is 127. The summed E-state index contributed by atoms with van der Waals surface area (Å²) in [5.41, 5.74) is 8.06. The number of anilines is 1. The molecule has 0 saturated heterocycles. The minimum absolute atomic E-state index is 0.669. The highest BCUT2D eigenvalue weighted by Gasteiger charge is 2.09. The zero-order chi connectivity index (χ0) is 14.7. The van der Waals surface area contributed by atoms with Gasteiger partial charge in [-0.25, -0.2) is 0 Å². The maximum Gasteiger partial charge on any atom is 0.0470 e. The lowest BCUT2D eigenvalue weighted by molar-refractivity contribution is 0.399. The van der Waals surface area contributed by atoms with Gasteiger partial charge in [0.2, 0.25) is 0 Å². The number of nitrogens with two attached hydrogens (primary N) is 1. The molecule has 0 radical (unpaired) electrons. The van der Waals surface area contributed by atoms with E-state index >= 15 is 0 Å². The molecule has 2 aromatic rings. The lowest BCUT2D eigenvalue weighted by Gasteiger charge is -2.15. The van der Waals surface area contributed by atoms with Crippen LogP contribution in [0.4, 0.5) is 5.69 Å². The van der Waals surface area contributed by atoms with Gasteiger partial charge < -0.3 is 10.6 Å². The second-order valence-corrected chi connectivity index (χ2v) is 7.54. The van der Waals surface area contributed by atoms with Crippen LogP contribution in [0.3, 0.4) is 0 Å². The van der Waals surface area contributed by atoms with Crippen molar-refractivity contribution >= 4 is 51.6 Å². The Morgan fingerprint density at radius 2 is 1.85 bits per heavy atom. The van der Waals surface area contributed by atoms with Crippen LogP contribution in [0.1, 0.15) is 5.56 Å². The van der Waals surface area contributed by atoms with Crippen LogP contribution in [0.2, 0.25) is 5.02 Å². The summed E-state index contributed by atoms with van der Waals surface area (Å²) < 4.78 is 1.24. The summed E-state index contributed by atoms with van der Waals surface area (Å²) >= 11 is 9.97. The molecule has 0 aliphatic carbocycles. The van der Waals surface area contributed by atoms with Crippen LogP contribution >= 0.6 is 46.0 Å². The van der Waals surface area contributed by atoms with Gasteiger partial charge in [0.05, 0.1) is 0 Å². The quantitative estimate of drug-likeness (QED) is 0.574. The molecule has 2 aromatic carbocycles. The van der Waals surface area contributed by atoms with Gasteiger partial charge in [-0.3, -0.25) is 0 Å². The molecule has 0 unspecified atom stereocenters. The van der Waals surface area contributed by atoms with Crippen LogP contribution in [0, 0.1) is 3.57 Å². The van der Waals surface area contributed by atoms with Gasteiger partial charge in [0.25, 0.3) is 0 Å². The average Bonchev–Trinajstić information content (AvgIpc) is 2.34. The third-order valence-electron chi connectivity index (χ3n) is 2.70. The average molecular weight is 419 g/mol. The monoisotopic (exact) mass is 418 g/mol. The van der Waals surface area contributed by atoms with Crippen LogP contribution in [-0.4, -0.2) is 19.0 Å². The minimum Gasteiger partial charge on any atom is -0.398 e. The van der Waals surface area contributed by atoms with Gasteiger partial charge in [-0.05, 0) is 78.6 Å². The standard InChI is InChI=1S/C15H16ClIN2S/c1-19(2)9-10-7-12(17)4-6-14(10)20-15-5-3-11(16)8-13(15)18/h3-8H,9,18H2,1-2H3. The molecule has 0 atom stereocenters. The summed E-state index contributed by atoms with van der Waals surface area (Å²) in [4.78, 5) is 4.43. The summed E-state index contributed by atoms with van der Waals surface area (Å²) in [5.74, 6) is 0. The lowest BCUT2D eigenvalue weighted by atomic mass is 10.2. The predicted octanol–water partition coefficient (Wildman–Crippen LogP) is 4.74. The van der Waals surface area contributed by atoms with Crippen molar-refractivity contribution in [3.05, 3.63) is 50.6 Å². The topological polar surface area (TPSA) is 29.3 Å². The SMILES string of the molecule is CN(C)Cc1cc(I)ccc1Sc1ccc(Cl)cc1N. The van der Waals surface area contributed by atoms with E-state index in [0.717, 1.165) is 17.1 Å². The number of hydrogen-bond donors (Lipinski definition) is 1. The zero-order valence-electron chi connectivity index (χ0n) is 11.4. The molecular weight excluding hydrogens is 403 g/mol. The fourth-order valence-corrected chi connectivity index (χ4v) is 3.52. The van der Waals surface area contributed by atoms with Crippen molar-refractivity contribution in [1.29, 1.82) is 0 Å². The Labute approximate surface area is 142 Å². The lowest BCUT2D eigenvalue weighted by Crippen LogP contribution is -2.11. The molecule has 0 fully saturated rings.